The van der Waals surface area contributed by atoms with E-state index in [9.17, 15) is 4.79 Å². The number of piperidine rings is 1. The predicted octanol–water partition coefficient (Wildman–Crippen LogP) is 1.63. The molecule has 3 rings (SSSR count). The summed E-state index contributed by atoms with van der Waals surface area (Å²) in [7, 11) is 1.56. The summed E-state index contributed by atoms with van der Waals surface area (Å²) in [5.41, 5.74) is 6.94. The molecule has 5 heteroatoms. The van der Waals surface area contributed by atoms with E-state index in [1.165, 1.54) is 19.4 Å². The molecular formula is C16H23N3O2. The standard InChI is InChI=1S/C16H23N3O2/c1-21-15-9-11(4-5-14(15)17)16(20)18-12-6-8-19-7-2-3-13(19)10-12/h4-5,9,12-13H,2-3,6-8,10,17H2,1H3,(H,18,20). The molecule has 1 aromatic carbocycles. The molecule has 2 aliphatic rings. The molecule has 0 aromatic heterocycles. The first-order valence-electron chi connectivity index (χ1n) is 7.66. The van der Waals surface area contributed by atoms with Crippen molar-refractivity contribution in [2.75, 3.05) is 25.9 Å². The summed E-state index contributed by atoms with van der Waals surface area (Å²) < 4.78 is 5.17. The third kappa shape index (κ3) is 2.97. The van der Waals surface area contributed by atoms with Crippen molar-refractivity contribution in [3.63, 3.8) is 0 Å². The molecular weight excluding hydrogens is 266 g/mol. The van der Waals surface area contributed by atoms with Gasteiger partial charge in [-0.15, -0.1) is 0 Å². The van der Waals surface area contributed by atoms with E-state index in [0.717, 1.165) is 19.4 Å². The molecule has 2 fully saturated rings. The van der Waals surface area contributed by atoms with Crippen molar-refractivity contribution < 1.29 is 9.53 Å². The van der Waals surface area contributed by atoms with E-state index in [0.29, 0.717) is 23.0 Å². The summed E-state index contributed by atoms with van der Waals surface area (Å²) in [6.07, 6.45) is 4.66. The maximum atomic E-state index is 12.4. The molecule has 1 amide bonds. The van der Waals surface area contributed by atoms with Crippen molar-refractivity contribution >= 4 is 11.6 Å². The Morgan fingerprint density at radius 1 is 1.38 bits per heavy atom. The van der Waals surface area contributed by atoms with Crippen LogP contribution in [0.1, 0.15) is 36.0 Å². The number of nitrogens with zero attached hydrogens (tertiary/aromatic N) is 1. The van der Waals surface area contributed by atoms with Gasteiger partial charge in [-0.05, 0) is 50.4 Å². The number of nitrogens with one attached hydrogen (secondary N) is 1. The van der Waals surface area contributed by atoms with Crippen LogP contribution < -0.4 is 15.8 Å². The SMILES string of the molecule is COc1cc(C(=O)NC2CCN3CCCC3C2)ccc1N. The maximum Gasteiger partial charge on any atom is 0.251 e. The number of hydrogen-bond donors (Lipinski definition) is 2. The van der Waals surface area contributed by atoms with Gasteiger partial charge in [-0.25, -0.2) is 0 Å². The molecule has 0 aliphatic carbocycles. The number of carbonyl (C=O) groups is 1. The lowest BCUT2D eigenvalue weighted by atomic mass is 9.97. The third-order valence-electron chi connectivity index (χ3n) is 4.65. The fraction of sp³-hybridized carbons (Fsp3) is 0.562. The smallest absolute Gasteiger partial charge is 0.251 e. The van der Waals surface area contributed by atoms with Crippen LogP contribution in [0.15, 0.2) is 18.2 Å². The highest BCUT2D eigenvalue weighted by molar-refractivity contribution is 5.95. The van der Waals surface area contributed by atoms with Crippen LogP contribution in [0.3, 0.4) is 0 Å². The number of nitrogens with two attached hydrogens (primary N) is 1. The van der Waals surface area contributed by atoms with Gasteiger partial charge >= 0.3 is 0 Å². The number of carbonyl (C=O) groups excluding carboxylic acids is 1. The Morgan fingerprint density at radius 2 is 2.24 bits per heavy atom. The Labute approximate surface area is 125 Å². The van der Waals surface area contributed by atoms with Crippen LogP contribution >= 0.6 is 0 Å². The Balaban J connectivity index is 1.63. The normalized spacial score (nSPS) is 25.4. The Bertz CT molecular complexity index is 532. The zero-order chi connectivity index (χ0) is 14.8. The largest absolute Gasteiger partial charge is 0.495 e. The zero-order valence-corrected chi connectivity index (χ0v) is 12.5. The minimum absolute atomic E-state index is 0.0373. The van der Waals surface area contributed by atoms with Crippen LogP contribution in [-0.2, 0) is 0 Å². The number of ether oxygens (including phenoxy) is 1. The molecule has 114 valence electrons. The van der Waals surface area contributed by atoms with Crippen LogP contribution in [0, 0.1) is 0 Å². The van der Waals surface area contributed by atoms with Gasteiger partial charge in [-0.3, -0.25) is 4.79 Å². The summed E-state index contributed by atoms with van der Waals surface area (Å²) in [5, 5.41) is 3.16. The van der Waals surface area contributed by atoms with Crippen molar-refractivity contribution in [2.45, 2.75) is 37.8 Å². The summed E-state index contributed by atoms with van der Waals surface area (Å²) in [5.74, 6) is 0.512. The van der Waals surface area contributed by atoms with Gasteiger partial charge in [0.1, 0.15) is 5.75 Å². The molecule has 0 bridgehead atoms. The highest BCUT2D eigenvalue weighted by atomic mass is 16.5. The van der Waals surface area contributed by atoms with E-state index in [-0.39, 0.29) is 11.9 Å². The van der Waals surface area contributed by atoms with Gasteiger partial charge in [0.05, 0.1) is 12.8 Å². The number of nitrogen functional groups attached to an aromatic ring is 1. The van der Waals surface area contributed by atoms with E-state index < -0.39 is 0 Å². The topological polar surface area (TPSA) is 67.6 Å². The Morgan fingerprint density at radius 3 is 3.05 bits per heavy atom. The quantitative estimate of drug-likeness (QED) is 0.830. The lowest BCUT2D eigenvalue weighted by Crippen LogP contribution is -2.47. The lowest BCUT2D eigenvalue weighted by Gasteiger charge is -2.35. The first kappa shape index (κ1) is 14.2. The van der Waals surface area contributed by atoms with Crippen molar-refractivity contribution in [1.82, 2.24) is 10.2 Å². The fourth-order valence-corrected chi connectivity index (χ4v) is 3.48. The summed E-state index contributed by atoms with van der Waals surface area (Å²) in [6, 6.07) is 6.10. The molecule has 5 nitrogen and oxygen atoms in total. The molecule has 2 unspecified atom stereocenters. The molecule has 0 spiro atoms. The molecule has 2 aliphatic heterocycles. The van der Waals surface area contributed by atoms with Crippen molar-refractivity contribution in [3.8, 4) is 5.75 Å². The predicted molar refractivity (Wildman–Crippen MR) is 82.5 cm³/mol. The Kier molecular flexibility index (Phi) is 4.01. The summed E-state index contributed by atoms with van der Waals surface area (Å²) in [6.45, 7) is 2.32. The highest BCUT2D eigenvalue weighted by Crippen LogP contribution is 2.27. The van der Waals surface area contributed by atoms with Crippen LogP contribution in [0.25, 0.3) is 0 Å². The molecule has 2 saturated heterocycles. The summed E-state index contributed by atoms with van der Waals surface area (Å²) in [4.78, 5) is 14.9. The van der Waals surface area contributed by atoms with Gasteiger partial charge in [-0.2, -0.15) is 0 Å². The molecule has 2 heterocycles. The van der Waals surface area contributed by atoms with Gasteiger partial charge in [0.2, 0.25) is 0 Å². The molecule has 1 aromatic rings. The number of hydrogen-bond acceptors (Lipinski definition) is 4. The zero-order valence-electron chi connectivity index (χ0n) is 12.5. The number of anilines is 1. The molecule has 2 atom stereocenters. The van der Waals surface area contributed by atoms with E-state index in [2.05, 4.69) is 10.2 Å². The van der Waals surface area contributed by atoms with Gasteiger partial charge in [0.15, 0.2) is 0 Å². The molecule has 0 saturated carbocycles. The number of rotatable bonds is 3. The second kappa shape index (κ2) is 5.93. The van der Waals surface area contributed by atoms with E-state index in [1.54, 1.807) is 25.3 Å². The lowest BCUT2D eigenvalue weighted by molar-refractivity contribution is 0.0896. The summed E-state index contributed by atoms with van der Waals surface area (Å²) >= 11 is 0. The van der Waals surface area contributed by atoms with Crippen LogP contribution in [0.2, 0.25) is 0 Å². The number of benzene rings is 1. The number of amides is 1. The van der Waals surface area contributed by atoms with Crippen molar-refractivity contribution in [2.24, 2.45) is 0 Å². The third-order valence-corrected chi connectivity index (χ3v) is 4.65. The minimum atomic E-state index is -0.0373. The van der Waals surface area contributed by atoms with E-state index in [4.69, 9.17) is 10.5 Å². The van der Waals surface area contributed by atoms with E-state index >= 15 is 0 Å². The van der Waals surface area contributed by atoms with Crippen molar-refractivity contribution in [1.29, 1.82) is 0 Å². The molecule has 21 heavy (non-hydrogen) atoms. The van der Waals surface area contributed by atoms with Gasteiger partial charge < -0.3 is 20.7 Å². The first-order valence-corrected chi connectivity index (χ1v) is 7.66. The number of methoxy groups -OCH3 is 1. The maximum absolute atomic E-state index is 12.4. The molecule has 3 N–H and O–H groups in total. The van der Waals surface area contributed by atoms with Gasteiger partial charge in [0.25, 0.3) is 5.91 Å². The van der Waals surface area contributed by atoms with Crippen LogP contribution in [0.5, 0.6) is 5.75 Å². The second-order valence-corrected chi connectivity index (χ2v) is 5.98. The molecule has 0 radical (unpaired) electrons. The number of fused-ring (bicyclic) bond motifs is 1. The average Bonchev–Trinajstić information content (AvgIpc) is 2.95. The van der Waals surface area contributed by atoms with Crippen molar-refractivity contribution in [3.05, 3.63) is 23.8 Å². The van der Waals surface area contributed by atoms with Crippen LogP contribution in [-0.4, -0.2) is 43.1 Å². The van der Waals surface area contributed by atoms with E-state index in [1.807, 2.05) is 0 Å². The average molecular weight is 289 g/mol. The minimum Gasteiger partial charge on any atom is -0.495 e. The van der Waals surface area contributed by atoms with Gasteiger partial charge in [-0.1, -0.05) is 0 Å². The fourth-order valence-electron chi connectivity index (χ4n) is 3.48. The van der Waals surface area contributed by atoms with Gasteiger partial charge in [0, 0.05) is 24.2 Å². The highest BCUT2D eigenvalue weighted by Gasteiger charge is 2.32. The first-order chi connectivity index (χ1) is 10.2. The Hall–Kier alpha value is -1.75. The van der Waals surface area contributed by atoms with Crippen LogP contribution in [0.4, 0.5) is 5.69 Å². The monoisotopic (exact) mass is 289 g/mol. The second-order valence-electron chi connectivity index (χ2n) is 5.98.